The second-order valence-corrected chi connectivity index (χ2v) is 40.7. The zero-order valence-corrected chi connectivity index (χ0v) is 30.3. The van der Waals surface area contributed by atoms with Gasteiger partial charge in [0, 0.05) is 0 Å². The molecule has 198 valence electrons. The second kappa shape index (κ2) is 8.92. The molecule has 2 aromatic carbocycles. The normalized spacial score (nSPS) is 22.6. The van der Waals surface area contributed by atoms with Gasteiger partial charge in [0.05, 0.1) is 0 Å². The summed E-state index contributed by atoms with van der Waals surface area (Å²) in [5.74, 6) is 2.59. The van der Waals surface area contributed by atoms with Crippen molar-refractivity contribution in [1.82, 2.24) is 0 Å². The Hall–Kier alpha value is -1.18. The molecule has 5 rings (SSSR count). The maximum atomic E-state index is 7.23. The molecule has 0 radical (unpaired) electrons. The van der Waals surface area contributed by atoms with E-state index in [1.54, 1.807) is 0 Å². The molecule has 1 aliphatic heterocycles. The monoisotopic (exact) mass is 698 g/mol. The minimum absolute atomic E-state index is 0.178. The molecule has 2 nitrogen and oxygen atoms in total. The summed E-state index contributed by atoms with van der Waals surface area (Å²) in [6.07, 6.45) is 4.83. The van der Waals surface area contributed by atoms with Gasteiger partial charge in [0.2, 0.25) is 0 Å². The molecule has 1 fully saturated rings. The number of benzene rings is 2. The Bertz CT molecular complexity index is 1180. The molecule has 1 saturated heterocycles. The minimum atomic E-state index is -3.05. The molecule has 37 heavy (non-hydrogen) atoms. The molecule has 5 heteroatoms. The molecule has 2 aliphatic carbocycles. The number of allylic oxidation sites excluding steroid dienone is 2. The van der Waals surface area contributed by atoms with Crippen LogP contribution in [0.5, 0.6) is 0 Å². The van der Waals surface area contributed by atoms with E-state index in [1.165, 1.54) is 42.1 Å². The van der Waals surface area contributed by atoms with Crippen molar-refractivity contribution in [3.63, 3.8) is 0 Å². The molecular formula is C32H46HfO2Si2. The maximum absolute atomic E-state index is 7.23. The average molecular weight is 697 g/mol. The Kier molecular flexibility index (Phi) is 6.61. The number of rotatable bonds is 6. The van der Waals surface area contributed by atoms with E-state index in [2.05, 4.69) is 128 Å². The average Bonchev–Trinajstić information content (AvgIpc) is 3.33. The molecule has 2 atom stereocenters. The SMILES string of the molecule is CC(C)(C)[Si](C)(C)OC1=Cc2ccccc2[CH]1[Hf]1([CH]2C(O[Si](C)(C)C(C)(C)C)=Cc3ccccc32)[CH2][CH2]1. The number of hydrogen-bond donors (Lipinski definition) is 0. The Morgan fingerprint density at radius 3 is 1.30 bits per heavy atom. The van der Waals surface area contributed by atoms with E-state index >= 15 is 0 Å². The first-order valence-corrected chi connectivity index (χ1v) is 29.1. The van der Waals surface area contributed by atoms with Gasteiger partial charge in [0.1, 0.15) is 0 Å². The van der Waals surface area contributed by atoms with E-state index in [0.29, 0.717) is 7.35 Å². The number of hydrogen-bond acceptors (Lipinski definition) is 2. The fraction of sp³-hybridized carbons (Fsp3) is 0.500. The van der Waals surface area contributed by atoms with E-state index in [9.17, 15) is 0 Å². The fourth-order valence-electron chi connectivity index (χ4n) is 5.74. The molecule has 0 saturated carbocycles. The van der Waals surface area contributed by atoms with Crippen LogP contribution in [0.2, 0.25) is 44.6 Å². The summed E-state index contributed by atoms with van der Waals surface area (Å²) in [6, 6.07) is 18.3. The quantitative estimate of drug-likeness (QED) is 0.280. The first kappa shape index (κ1) is 27.4. The zero-order valence-electron chi connectivity index (χ0n) is 24.7. The summed E-state index contributed by atoms with van der Waals surface area (Å²) >= 11 is -3.05. The van der Waals surface area contributed by atoms with Crippen molar-refractivity contribution in [1.29, 1.82) is 0 Å². The van der Waals surface area contributed by atoms with Crippen molar-refractivity contribution in [3.05, 3.63) is 82.3 Å². The van der Waals surface area contributed by atoms with Gasteiger partial charge in [-0.3, -0.25) is 0 Å². The van der Waals surface area contributed by atoms with Crippen LogP contribution in [-0.4, -0.2) is 16.6 Å². The van der Waals surface area contributed by atoms with Crippen molar-refractivity contribution in [2.24, 2.45) is 0 Å². The van der Waals surface area contributed by atoms with Crippen LogP contribution in [0.25, 0.3) is 12.2 Å². The fourth-order valence-corrected chi connectivity index (χ4v) is 35.0. The first-order chi connectivity index (χ1) is 17.1. The third kappa shape index (κ3) is 4.65. The van der Waals surface area contributed by atoms with Crippen LogP contribution in [0, 0.1) is 0 Å². The van der Waals surface area contributed by atoms with Crippen molar-refractivity contribution in [2.75, 3.05) is 0 Å². The van der Waals surface area contributed by atoms with Crippen LogP contribution in [0.4, 0.5) is 0 Å². The van der Waals surface area contributed by atoms with Crippen molar-refractivity contribution in [3.8, 4) is 0 Å². The predicted molar refractivity (Wildman–Crippen MR) is 160 cm³/mol. The molecule has 0 N–H and O–H groups in total. The van der Waals surface area contributed by atoms with Crippen LogP contribution in [0.1, 0.15) is 71.1 Å². The van der Waals surface area contributed by atoms with E-state index in [-0.39, 0.29) is 10.1 Å². The molecule has 3 aliphatic rings. The summed E-state index contributed by atoms with van der Waals surface area (Å²) in [7, 11) is -3.93. The molecule has 0 spiro atoms. The predicted octanol–water partition coefficient (Wildman–Crippen LogP) is 10.2. The summed E-state index contributed by atoms with van der Waals surface area (Å²) in [4.78, 5) is 0. The summed E-state index contributed by atoms with van der Waals surface area (Å²) in [6.45, 7) is 23.8. The molecule has 1 heterocycles. The van der Waals surface area contributed by atoms with Gasteiger partial charge in [0.15, 0.2) is 0 Å². The van der Waals surface area contributed by atoms with Gasteiger partial charge in [-0.15, -0.1) is 0 Å². The van der Waals surface area contributed by atoms with E-state index < -0.39 is 36.6 Å². The van der Waals surface area contributed by atoms with E-state index in [1.807, 2.05) is 0 Å². The molecule has 0 bridgehead atoms. The van der Waals surface area contributed by atoms with Crippen LogP contribution in [0.3, 0.4) is 0 Å². The van der Waals surface area contributed by atoms with E-state index in [4.69, 9.17) is 8.85 Å². The van der Waals surface area contributed by atoms with Crippen molar-refractivity contribution in [2.45, 2.75) is 93.5 Å². The van der Waals surface area contributed by atoms with Gasteiger partial charge < -0.3 is 0 Å². The topological polar surface area (TPSA) is 18.5 Å². The van der Waals surface area contributed by atoms with Gasteiger partial charge in [-0.05, 0) is 0 Å². The van der Waals surface area contributed by atoms with Crippen molar-refractivity contribution < 1.29 is 28.8 Å². The van der Waals surface area contributed by atoms with Gasteiger partial charge in [0.25, 0.3) is 0 Å². The van der Waals surface area contributed by atoms with Gasteiger partial charge in [-0.1, -0.05) is 0 Å². The van der Waals surface area contributed by atoms with Crippen LogP contribution >= 0.6 is 0 Å². The summed E-state index contributed by atoms with van der Waals surface area (Å²) < 4.78 is 18.3. The molecule has 0 aromatic heterocycles. The van der Waals surface area contributed by atoms with Crippen LogP contribution < -0.4 is 0 Å². The Labute approximate surface area is 232 Å². The van der Waals surface area contributed by atoms with E-state index in [0.717, 1.165) is 0 Å². The summed E-state index contributed by atoms with van der Waals surface area (Å²) in [5.41, 5.74) is 5.84. The Balaban J connectivity index is 1.60. The van der Waals surface area contributed by atoms with Crippen molar-refractivity contribution >= 4 is 28.8 Å². The van der Waals surface area contributed by atoms with Gasteiger partial charge >= 0.3 is 233 Å². The number of fused-ring (bicyclic) bond motifs is 2. The summed E-state index contributed by atoms with van der Waals surface area (Å²) in [5, 5.41) is 0.356. The Morgan fingerprint density at radius 2 is 0.973 bits per heavy atom. The third-order valence-corrected chi connectivity index (χ3v) is 37.3. The van der Waals surface area contributed by atoms with Crippen LogP contribution in [-0.2, 0) is 28.8 Å². The third-order valence-electron chi connectivity index (χ3n) is 10.1. The Morgan fingerprint density at radius 1 is 0.622 bits per heavy atom. The van der Waals surface area contributed by atoms with Gasteiger partial charge in [-0.25, -0.2) is 0 Å². The van der Waals surface area contributed by atoms with Gasteiger partial charge in [-0.2, -0.15) is 0 Å². The standard InChI is InChI=1S/2C15H21OSi.C2H4.Hf/c2*1-15(2,3)17(4,5)16-14-10-12-8-6-7-9-13(12)11-14;1-2;/h2*6-11H,1-5H3;1-2H2;. The van der Waals surface area contributed by atoms with Crippen LogP contribution in [0.15, 0.2) is 60.0 Å². The molecule has 2 aromatic rings. The molecule has 2 unspecified atom stereocenters. The zero-order chi connectivity index (χ0) is 27.0. The molecular weight excluding hydrogens is 651 g/mol. The molecule has 0 amide bonds. The second-order valence-electron chi connectivity index (χ2n) is 14.7. The first-order valence-electron chi connectivity index (χ1n) is 14.1.